The Bertz CT molecular complexity index is 869. The summed E-state index contributed by atoms with van der Waals surface area (Å²) >= 11 is 0.992. The molecule has 146 valence electrons. The van der Waals surface area contributed by atoms with Crippen LogP contribution in [0.15, 0.2) is 6.07 Å². The molecule has 1 amide bonds. The van der Waals surface area contributed by atoms with Crippen molar-refractivity contribution >= 4 is 34.2 Å². The number of aromatic nitrogens is 2. The molecule has 2 aromatic rings. The van der Waals surface area contributed by atoms with Crippen LogP contribution in [0.3, 0.4) is 0 Å². The summed E-state index contributed by atoms with van der Waals surface area (Å²) in [5.74, 6) is -1.51. The number of carbonyl (C=O) groups is 3. The zero-order valence-electron chi connectivity index (χ0n) is 16.0. The van der Waals surface area contributed by atoms with Crippen molar-refractivity contribution in [3.63, 3.8) is 0 Å². The van der Waals surface area contributed by atoms with Crippen molar-refractivity contribution in [2.75, 3.05) is 19.0 Å². The first-order valence-electron chi connectivity index (χ1n) is 8.48. The Kier molecular flexibility index (Phi) is 6.73. The van der Waals surface area contributed by atoms with Gasteiger partial charge in [0.25, 0.3) is 0 Å². The molecule has 0 aliphatic heterocycles. The van der Waals surface area contributed by atoms with Gasteiger partial charge in [0.2, 0.25) is 5.91 Å². The largest absolute Gasteiger partial charge is 0.465 e. The van der Waals surface area contributed by atoms with Crippen molar-refractivity contribution in [2.24, 2.45) is 0 Å². The van der Waals surface area contributed by atoms with E-state index in [9.17, 15) is 14.4 Å². The Labute approximate surface area is 161 Å². The molecule has 2 heterocycles. The number of nitrogens with one attached hydrogen (secondary N) is 1. The van der Waals surface area contributed by atoms with Crippen LogP contribution in [0, 0.1) is 20.8 Å². The van der Waals surface area contributed by atoms with Crippen molar-refractivity contribution in [3.8, 4) is 0 Å². The van der Waals surface area contributed by atoms with Gasteiger partial charge in [-0.05, 0) is 38.8 Å². The van der Waals surface area contributed by atoms with Gasteiger partial charge in [-0.3, -0.25) is 9.48 Å². The summed E-state index contributed by atoms with van der Waals surface area (Å²) in [5.41, 5.74) is 2.26. The molecule has 8 nitrogen and oxygen atoms in total. The average molecular weight is 393 g/mol. The van der Waals surface area contributed by atoms with E-state index >= 15 is 0 Å². The minimum Gasteiger partial charge on any atom is -0.465 e. The van der Waals surface area contributed by atoms with E-state index in [1.807, 2.05) is 26.8 Å². The number of anilines is 1. The highest BCUT2D eigenvalue weighted by molar-refractivity contribution is 7.18. The van der Waals surface area contributed by atoms with Crippen LogP contribution in [0.1, 0.15) is 50.3 Å². The van der Waals surface area contributed by atoms with Crippen molar-refractivity contribution in [3.05, 3.63) is 33.5 Å². The molecule has 9 heteroatoms. The lowest BCUT2D eigenvalue weighted by molar-refractivity contribution is -0.116. The van der Waals surface area contributed by atoms with Gasteiger partial charge in [0.05, 0.1) is 25.0 Å². The molecule has 0 bridgehead atoms. The third kappa shape index (κ3) is 4.73. The predicted octanol–water partition coefficient (Wildman–Crippen LogP) is 2.86. The topological polar surface area (TPSA) is 99.5 Å². The normalized spacial score (nSPS) is 10.6. The van der Waals surface area contributed by atoms with Gasteiger partial charge in [0, 0.05) is 5.69 Å². The first-order valence-corrected chi connectivity index (χ1v) is 9.29. The number of esters is 2. The van der Waals surface area contributed by atoms with Gasteiger partial charge in [0.1, 0.15) is 16.4 Å². The number of ether oxygens (including phenoxy) is 2. The van der Waals surface area contributed by atoms with Gasteiger partial charge in [-0.1, -0.05) is 6.92 Å². The minimum absolute atomic E-state index is 0.00632. The van der Waals surface area contributed by atoms with Gasteiger partial charge < -0.3 is 14.8 Å². The van der Waals surface area contributed by atoms with Crippen molar-refractivity contribution in [1.29, 1.82) is 0 Å². The molecule has 0 saturated heterocycles. The van der Waals surface area contributed by atoms with Crippen molar-refractivity contribution in [2.45, 2.75) is 40.7 Å². The molecular weight excluding hydrogens is 370 g/mol. The first kappa shape index (κ1) is 20.6. The van der Waals surface area contributed by atoms with E-state index in [-0.39, 0.29) is 34.5 Å². The molecule has 0 saturated carbocycles. The highest BCUT2D eigenvalue weighted by atomic mass is 32.1. The molecule has 0 spiro atoms. The number of hydrogen-bond acceptors (Lipinski definition) is 7. The third-order valence-electron chi connectivity index (χ3n) is 3.81. The van der Waals surface area contributed by atoms with E-state index in [0.717, 1.165) is 22.7 Å². The molecule has 0 aliphatic rings. The Hall–Kier alpha value is -2.68. The molecular formula is C18H23N3O5S. The number of thiophene rings is 1. The molecule has 27 heavy (non-hydrogen) atoms. The molecule has 0 aliphatic carbocycles. The fourth-order valence-corrected chi connectivity index (χ4v) is 3.67. The Balaban J connectivity index is 2.30. The fourth-order valence-electron chi connectivity index (χ4n) is 2.54. The molecule has 0 fully saturated rings. The van der Waals surface area contributed by atoms with Crippen LogP contribution >= 0.6 is 11.3 Å². The van der Waals surface area contributed by atoms with E-state index in [2.05, 4.69) is 10.4 Å². The van der Waals surface area contributed by atoms with Crippen LogP contribution in [0.5, 0.6) is 0 Å². The number of nitrogens with zero attached hydrogens (tertiary/aromatic N) is 2. The molecule has 0 atom stereocenters. The Morgan fingerprint density at radius 3 is 2.48 bits per heavy atom. The molecule has 0 aromatic carbocycles. The van der Waals surface area contributed by atoms with Crippen molar-refractivity contribution < 1.29 is 23.9 Å². The van der Waals surface area contributed by atoms with Crippen LogP contribution in [0.4, 0.5) is 5.00 Å². The number of carbonyl (C=O) groups excluding carboxylic acids is 3. The van der Waals surface area contributed by atoms with Gasteiger partial charge >= 0.3 is 11.9 Å². The van der Waals surface area contributed by atoms with Gasteiger partial charge in [-0.2, -0.15) is 5.10 Å². The van der Waals surface area contributed by atoms with E-state index < -0.39 is 11.9 Å². The van der Waals surface area contributed by atoms with E-state index in [4.69, 9.17) is 9.47 Å². The zero-order valence-corrected chi connectivity index (χ0v) is 16.9. The second kappa shape index (κ2) is 8.81. The van der Waals surface area contributed by atoms with E-state index in [0.29, 0.717) is 12.0 Å². The maximum Gasteiger partial charge on any atom is 0.348 e. The van der Waals surface area contributed by atoms with Crippen LogP contribution in [0.25, 0.3) is 0 Å². The number of amides is 1. The summed E-state index contributed by atoms with van der Waals surface area (Å²) in [4.78, 5) is 37.1. The average Bonchev–Trinajstić information content (AvgIpc) is 3.10. The van der Waals surface area contributed by atoms with Gasteiger partial charge in [-0.15, -0.1) is 11.3 Å². The molecule has 2 rings (SSSR count). The number of methoxy groups -OCH3 is 1. The third-order valence-corrected chi connectivity index (χ3v) is 5.00. The van der Waals surface area contributed by atoms with Crippen LogP contribution in [-0.4, -0.2) is 41.3 Å². The van der Waals surface area contributed by atoms with Gasteiger partial charge in [0.15, 0.2) is 0 Å². The second-order valence-electron chi connectivity index (χ2n) is 6.02. The predicted molar refractivity (Wildman–Crippen MR) is 101 cm³/mol. The highest BCUT2D eigenvalue weighted by Crippen LogP contribution is 2.34. The van der Waals surface area contributed by atoms with Crippen molar-refractivity contribution in [1.82, 2.24) is 9.78 Å². The van der Waals surface area contributed by atoms with Crippen LogP contribution in [-0.2, 0) is 20.8 Å². The maximum absolute atomic E-state index is 12.5. The summed E-state index contributed by atoms with van der Waals surface area (Å²) in [7, 11) is 1.26. The van der Waals surface area contributed by atoms with Crippen LogP contribution in [0.2, 0.25) is 0 Å². The molecule has 2 aromatic heterocycles. The highest BCUT2D eigenvalue weighted by Gasteiger charge is 2.27. The summed E-state index contributed by atoms with van der Waals surface area (Å²) < 4.78 is 11.5. The molecule has 0 unspecified atom stereocenters. The second-order valence-corrected chi connectivity index (χ2v) is 7.04. The minimum atomic E-state index is -0.581. The zero-order chi connectivity index (χ0) is 20.1. The van der Waals surface area contributed by atoms with Gasteiger partial charge in [-0.25, -0.2) is 9.59 Å². The summed E-state index contributed by atoms with van der Waals surface area (Å²) in [6.45, 7) is 7.45. The fraction of sp³-hybridized carbons (Fsp3) is 0.444. The standard InChI is InChI=1S/C18H23N3O5S/c1-6-7-26-17(23)14-12(4)15(18(24)25-5)27-16(14)19-13(22)9-21-11(3)8-10(2)20-21/h8H,6-7,9H2,1-5H3,(H,19,22). The monoisotopic (exact) mass is 393 g/mol. The maximum atomic E-state index is 12.5. The van der Waals surface area contributed by atoms with Crippen LogP contribution < -0.4 is 5.32 Å². The SMILES string of the molecule is CCCOC(=O)c1c(NC(=O)Cn2nc(C)cc2C)sc(C(=O)OC)c1C. The Morgan fingerprint density at radius 2 is 1.93 bits per heavy atom. The summed E-state index contributed by atoms with van der Waals surface area (Å²) in [6.07, 6.45) is 0.665. The molecule has 0 radical (unpaired) electrons. The van der Waals surface area contributed by atoms with E-state index in [1.54, 1.807) is 11.6 Å². The summed E-state index contributed by atoms with van der Waals surface area (Å²) in [6, 6.07) is 1.87. The lowest BCUT2D eigenvalue weighted by Gasteiger charge is -2.08. The van der Waals surface area contributed by atoms with E-state index in [1.165, 1.54) is 7.11 Å². The summed E-state index contributed by atoms with van der Waals surface area (Å²) in [5, 5.41) is 7.22. The first-order chi connectivity index (χ1) is 12.8. The lowest BCUT2D eigenvalue weighted by Crippen LogP contribution is -2.21. The lowest BCUT2D eigenvalue weighted by atomic mass is 10.1. The number of hydrogen-bond donors (Lipinski definition) is 1. The number of rotatable bonds is 7. The molecule has 1 N–H and O–H groups in total. The quantitative estimate of drug-likeness (QED) is 0.726. The number of aryl methyl sites for hydroxylation is 2. The Morgan fingerprint density at radius 1 is 1.22 bits per heavy atom. The smallest absolute Gasteiger partial charge is 0.348 e.